The molecule has 0 aliphatic rings. The zero-order valence-corrected chi connectivity index (χ0v) is 12.1. The van der Waals surface area contributed by atoms with Gasteiger partial charge in [0.1, 0.15) is 0 Å². The van der Waals surface area contributed by atoms with Crippen LogP contribution in [0.15, 0.2) is 30.3 Å². The zero-order chi connectivity index (χ0) is 15.0. The summed E-state index contributed by atoms with van der Waals surface area (Å²) in [5, 5.41) is 22.4. The number of hydrogen-bond acceptors (Lipinski definition) is 4. The molecular weight excluding hydrogens is 256 g/mol. The number of rotatable bonds is 9. The SMILES string of the molecule is CN(C)CCNC(CCC(=O)O)C(O)c1ccccc1. The molecule has 0 saturated carbocycles. The van der Waals surface area contributed by atoms with Gasteiger partial charge in [0.2, 0.25) is 0 Å². The molecule has 1 aromatic rings. The highest BCUT2D eigenvalue weighted by molar-refractivity contribution is 5.66. The molecular formula is C15H24N2O3. The number of carboxylic acid groups (broad SMARTS) is 1. The second-order valence-corrected chi connectivity index (χ2v) is 5.15. The van der Waals surface area contributed by atoms with Crippen LogP contribution in [0.5, 0.6) is 0 Å². The van der Waals surface area contributed by atoms with E-state index in [1.54, 1.807) is 0 Å². The van der Waals surface area contributed by atoms with Crippen molar-refractivity contribution in [2.24, 2.45) is 0 Å². The molecule has 0 fully saturated rings. The van der Waals surface area contributed by atoms with Gasteiger partial charge in [-0.15, -0.1) is 0 Å². The molecule has 2 unspecified atom stereocenters. The molecule has 0 aliphatic heterocycles. The summed E-state index contributed by atoms with van der Waals surface area (Å²) < 4.78 is 0. The third kappa shape index (κ3) is 6.14. The van der Waals surface area contributed by atoms with E-state index in [0.717, 1.165) is 12.1 Å². The number of aliphatic hydroxyl groups excluding tert-OH is 1. The van der Waals surface area contributed by atoms with Crippen molar-refractivity contribution in [3.63, 3.8) is 0 Å². The van der Waals surface area contributed by atoms with Gasteiger partial charge in [0.15, 0.2) is 0 Å². The lowest BCUT2D eigenvalue weighted by molar-refractivity contribution is -0.137. The second kappa shape index (κ2) is 8.68. The summed E-state index contributed by atoms with van der Waals surface area (Å²) >= 11 is 0. The number of likely N-dealkylation sites (N-methyl/N-ethyl adjacent to an activating group) is 1. The zero-order valence-electron chi connectivity index (χ0n) is 12.1. The highest BCUT2D eigenvalue weighted by atomic mass is 16.4. The number of hydrogen-bond donors (Lipinski definition) is 3. The van der Waals surface area contributed by atoms with Gasteiger partial charge in [-0.3, -0.25) is 4.79 Å². The first-order chi connectivity index (χ1) is 9.50. The molecule has 0 heterocycles. The topological polar surface area (TPSA) is 72.8 Å². The second-order valence-electron chi connectivity index (χ2n) is 5.15. The molecule has 3 N–H and O–H groups in total. The lowest BCUT2D eigenvalue weighted by Gasteiger charge is -2.25. The summed E-state index contributed by atoms with van der Waals surface area (Å²) in [4.78, 5) is 12.8. The quantitative estimate of drug-likeness (QED) is 0.632. The third-order valence-electron chi connectivity index (χ3n) is 3.16. The minimum absolute atomic E-state index is 0.0452. The monoisotopic (exact) mass is 280 g/mol. The predicted octanol–water partition coefficient (Wildman–Crippen LogP) is 1.10. The first kappa shape index (κ1) is 16.6. The number of aliphatic carboxylic acids is 1. The van der Waals surface area contributed by atoms with E-state index in [9.17, 15) is 9.90 Å². The molecule has 0 aromatic heterocycles. The number of nitrogens with one attached hydrogen (secondary N) is 1. The Bertz CT molecular complexity index is 395. The van der Waals surface area contributed by atoms with Gasteiger partial charge >= 0.3 is 5.97 Å². The third-order valence-corrected chi connectivity index (χ3v) is 3.16. The Labute approximate surface area is 120 Å². The molecule has 0 spiro atoms. The fraction of sp³-hybridized carbons (Fsp3) is 0.533. The van der Waals surface area contributed by atoms with Crippen LogP contribution in [0, 0.1) is 0 Å². The number of carbonyl (C=O) groups is 1. The molecule has 0 radical (unpaired) electrons. The molecule has 0 aliphatic carbocycles. The maximum absolute atomic E-state index is 10.7. The fourth-order valence-electron chi connectivity index (χ4n) is 2.01. The van der Waals surface area contributed by atoms with Crippen molar-refractivity contribution >= 4 is 5.97 Å². The first-order valence-corrected chi connectivity index (χ1v) is 6.83. The van der Waals surface area contributed by atoms with Crippen LogP contribution in [0.25, 0.3) is 0 Å². The maximum Gasteiger partial charge on any atom is 0.303 e. The molecule has 112 valence electrons. The van der Waals surface area contributed by atoms with Crippen LogP contribution in [0.4, 0.5) is 0 Å². The number of benzene rings is 1. The summed E-state index contributed by atoms with van der Waals surface area (Å²) in [7, 11) is 3.95. The van der Waals surface area contributed by atoms with Crippen LogP contribution in [0.1, 0.15) is 24.5 Å². The molecule has 0 saturated heterocycles. The highest BCUT2D eigenvalue weighted by Gasteiger charge is 2.21. The van der Waals surface area contributed by atoms with Crippen LogP contribution >= 0.6 is 0 Å². The van der Waals surface area contributed by atoms with Gasteiger partial charge in [-0.2, -0.15) is 0 Å². The first-order valence-electron chi connectivity index (χ1n) is 6.83. The van der Waals surface area contributed by atoms with Crippen LogP contribution in [0.3, 0.4) is 0 Å². The van der Waals surface area contributed by atoms with E-state index in [-0.39, 0.29) is 12.5 Å². The molecule has 2 atom stereocenters. The Morgan fingerprint density at radius 2 is 1.95 bits per heavy atom. The van der Waals surface area contributed by atoms with Crippen LogP contribution < -0.4 is 5.32 Å². The van der Waals surface area contributed by atoms with Gasteiger partial charge in [-0.1, -0.05) is 30.3 Å². The summed E-state index contributed by atoms with van der Waals surface area (Å²) in [6.07, 6.45) is -0.250. The largest absolute Gasteiger partial charge is 0.481 e. The molecule has 5 heteroatoms. The molecule has 5 nitrogen and oxygen atoms in total. The smallest absolute Gasteiger partial charge is 0.303 e. The maximum atomic E-state index is 10.7. The molecule has 20 heavy (non-hydrogen) atoms. The van der Waals surface area contributed by atoms with Crippen molar-refractivity contribution in [1.82, 2.24) is 10.2 Å². The van der Waals surface area contributed by atoms with Gasteiger partial charge in [-0.05, 0) is 26.1 Å². The fourth-order valence-corrected chi connectivity index (χ4v) is 2.01. The Balaban J connectivity index is 2.62. The minimum atomic E-state index is -0.843. The minimum Gasteiger partial charge on any atom is -0.481 e. The summed E-state index contributed by atoms with van der Waals surface area (Å²) in [6.45, 7) is 1.55. The van der Waals surface area contributed by atoms with E-state index >= 15 is 0 Å². The predicted molar refractivity (Wildman–Crippen MR) is 78.6 cm³/mol. The van der Waals surface area contributed by atoms with Crippen molar-refractivity contribution < 1.29 is 15.0 Å². The lowest BCUT2D eigenvalue weighted by atomic mass is 9.98. The van der Waals surface area contributed by atoms with E-state index in [4.69, 9.17) is 5.11 Å². The molecule has 0 amide bonds. The van der Waals surface area contributed by atoms with Crippen LogP contribution in [-0.2, 0) is 4.79 Å². The lowest BCUT2D eigenvalue weighted by Crippen LogP contribution is -2.39. The van der Waals surface area contributed by atoms with Crippen molar-refractivity contribution in [1.29, 1.82) is 0 Å². The van der Waals surface area contributed by atoms with Crippen molar-refractivity contribution in [3.05, 3.63) is 35.9 Å². The Hall–Kier alpha value is -1.43. The summed E-state index contributed by atoms with van der Waals surface area (Å²) in [6, 6.07) is 9.08. The number of carboxylic acids is 1. The standard InChI is InChI=1S/C15H24N2O3/c1-17(2)11-10-16-13(8-9-14(18)19)15(20)12-6-4-3-5-7-12/h3-7,13,15-16,20H,8-11H2,1-2H3,(H,18,19). The normalized spacial score (nSPS) is 14.2. The average molecular weight is 280 g/mol. The Morgan fingerprint density at radius 3 is 2.50 bits per heavy atom. The van der Waals surface area contributed by atoms with E-state index in [2.05, 4.69) is 5.32 Å². The van der Waals surface area contributed by atoms with Crippen molar-refractivity contribution in [3.8, 4) is 0 Å². The van der Waals surface area contributed by atoms with Gasteiger partial charge in [0.25, 0.3) is 0 Å². The Morgan fingerprint density at radius 1 is 1.30 bits per heavy atom. The van der Waals surface area contributed by atoms with E-state index in [1.165, 1.54) is 0 Å². The molecule has 1 rings (SSSR count). The van der Waals surface area contributed by atoms with Crippen LogP contribution in [0.2, 0.25) is 0 Å². The van der Waals surface area contributed by atoms with Gasteiger partial charge in [0.05, 0.1) is 6.10 Å². The van der Waals surface area contributed by atoms with Gasteiger partial charge in [0, 0.05) is 25.6 Å². The van der Waals surface area contributed by atoms with E-state index in [1.807, 2.05) is 49.3 Å². The molecule has 0 bridgehead atoms. The van der Waals surface area contributed by atoms with Gasteiger partial charge in [-0.25, -0.2) is 0 Å². The van der Waals surface area contributed by atoms with Crippen LogP contribution in [-0.4, -0.2) is 54.3 Å². The average Bonchev–Trinajstić information content (AvgIpc) is 2.42. The number of nitrogens with zero attached hydrogens (tertiary/aromatic N) is 1. The summed E-state index contributed by atoms with van der Waals surface area (Å²) in [5.74, 6) is -0.843. The highest BCUT2D eigenvalue weighted by Crippen LogP contribution is 2.19. The van der Waals surface area contributed by atoms with Gasteiger partial charge < -0.3 is 20.4 Å². The van der Waals surface area contributed by atoms with E-state index in [0.29, 0.717) is 13.0 Å². The molecule has 1 aromatic carbocycles. The van der Waals surface area contributed by atoms with E-state index < -0.39 is 12.1 Å². The Kier molecular flexibility index (Phi) is 7.22. The summed E-state index contributed by atoms with van der Waals surface area (Å²) in [5.41, 5.74) is 0.806. The van der Waals surface area contributed by atoms with Crippen molar-refractivity contribution in [2.45, 2.75) is 25.0 Å². The number of aliphatic hydroxyl groups is 1. The van der Waals surface area contributed by atoms with Crippen molar-refractivity contribution in [2.75, 3.05) is 27.2 Å².